The first kappa shape index (κ1) is 22.6. The molecule has 0 saturated heterocycles. The predicted molar refractivity (Wildman–Crippen MR) is 125 cm³/mol. The largest absolute Gasteiger partial charge is 0.484 e. The van der Waals surface area contributed by atoms with Gasteiger partial charge in [-0.1, -0.05) is 41.9 Å². The number of amides is 2. The number of anilines is 2. The number of aryl methyl sites for hydroxylation is 1. The third-order valence-electron chi connectivity index (χ3n) is 4.43. The van der Waals surface area contributed by atoms with Gasteiger partial charge in [-0.05, 0) is 66.6 Å². The van der Waals surface area contributed by atoms with Crippen molar-refractivity contribution in [3.05, 3.63) is 94.5 Å². The van der Waals surface area contributed by atoms with Crippen molar-refractivity contribution in [2.75, 3.05) is 17.2 Å². The number of nitrogens with zero attached hydrogens (tertiary/aromatic N) is 1. The SMILES string of the molecule is Cc1ccccc1NC(=O)/C(C#N)=C\c1cccc(OCC(=O)Nc2ccc(Cl)cc2)c1. The van der Waals surface area contributed by atoms with Crippen LogP contribution in [0, 0.1) is 18.3 Å². The summed E-state index contributed by atoms with van der Waals surface area (Å²) in [6.07, 6.45) is 1.47. The van der Waals surface area contributed by atoms with E-state index in [-0.39, 0.29) is 18.1 Å². The standard InChI is InChI=1S/C25H20ClN3O3/c1-17-5-2-3-8-23(17)29-25(31)19(15-27)13-18-6-4-7-22(14-18)32-16-24(30)28-21-11-9-20(26)10-12-21/h2-14H,16H2,1H3,(H,28,30)(H,29,31)/b19-13-. The number of rotatable bonds is 7. The van der Waals surface area contributed by atoms with Crippen LogP contribution in [0.4, 0.5) is 11.4 Å². The second-order valence-electron chi connectivity index (χ2n) is 6.86. The lowest BCUT2D eigenvalue weighted by atomic mass is 10.1. The molecule has 160 valence electrons. The molecule has 0 fully saturated rings. The summed E-state index contributed by atoms with van der Waals surface area (Å²) < 4.78 is 5.54. The Morgan fingerprint density at radius 1 is 1.03 bits per heavy atom. The van der Waals surface area contributed by atoms with Crippen molar-refractivity contribution in [3.8, 4) is 11.8 Å². The lowest BCUT2D eigenvalue weighted by Gasteiger charge is -2.09. The van der Waals surface area contributed by atoms with Crippen LogP contribution in [0.1, 0.15) is 11.1 Å². The van der Waals surface area contributed by atoms with Crippen LogP contribution in [0.25, 0.3) is 6.08 Å². The third kappa shape index (κ3) is 6.46. The van der Waals surface area contributed by atoms with Gasteiger partial charge in [-0.2, -0.15) is 5.26 Å². The molecule has 0 atom stereocenters. The first-order valence-corrected chi connectivity index (χ1v) is 10.1. The molecule has 7 heteroatoms. The number of nitriles is 1. The lowest BCUT2D eigenvalue weighted by Crippen LogP contribution is -2.20. The molecule has 0 spiro atoms. The smallest absolute Gasteiger partial charge is 0.266 e. The van der Waals surface area contributed by atoms with E-state index in [4.69, 9.17) is 16.3 Å². The number of carbonyl (C=O) groups excluding carboxylic acids is 2. The second kappa shape index (κ2) is 10.8. The van der Waals surface area contributed by atoms with Crippen LogP contribution in [0.2, 0.25) is 5.02 Å². The van der Waals surface area contributed by atoms with Crippen molar-refractivity contribution < 1.29 is 14.3 Å². The molecule has 0 heterocycles. The highest BCUT2D eigenvalue weighted by Gasteiger charge is 2.11. The van der Waals surface area contributed by atoms with Gasteiger partial charge in [0, 0.05) is 16.4 Å². The molecule has 3 aromatic rings. The van der Waals surface area contributed by atoms with Crippen LogP contribution in [0.3, 0.4) is 0 Å². The molecule has 6 nitrogen and oxygen atoms in total. The Balaban J connectivity index is 1.63. The Kier molecular flexibility index (Phi) is 7.63. The van der Waals surface area contributed by atoms with Gasteiger partial charge in [0.25, 0.3) is 11.8 Å². The summed E-state index contributed by atoms with van der Waals surface area (Å²) in [5.74, 6) is -0.402. The predicted octanol–water partition coefficient (Wildman–Crippen LogP) is 5.21. The number of halogens is 1. The number of nitrogens with one attached hydrogen (secondary N) is 2. The van der Waals surface area contributed by atoms with Crippen LogP contribution in [0.5, 0.6) is 5.75 Å². The molecule has 3 aromatic carbocycles. The van der Waals surface area contributed by atoms with E-state index < -0.39 is 5.91 Å². The van der Waals surface area contributed by atoms with Gasteiger partial charge in [0.2, 0.25) is 0 Å². The number of ether oxygens (including phenoxy) is 1. The van der Waals surface area contributed by atoms with E-state index in [1.54, 1.807) is 54.6 Å². The van der Waals surface area contributed by atoms with Crippen LogP contribution < -0.4 is 15.4 Å². The summed E-state index contributed by atoms with van der Waals surface area (Å²) in [6.45, 7) is 1.67. The van der Waals surface area contributed by atoms with Crippen LogP contribution in [-0.4, -0.2) is 18.4 Å². The number of benzene rings is 3. The maximum Gasteiger partial charge on any atom is 0.266 e. The third-order valence-corrected chi connectivity index (χ3v) is 4.68. The molecule has 0 aliphatic carbocycles. The molecule has 2 N–H and O–H groups in total. The topological polar surface area (TPSA) is 91.2 Å². The Bertz CT molecular complexity index is 1200. The van der Waals surface area contributed by atoms with Gasteiger partial charge >= 0.3 is 0 Å². The summed E-state index contributed by atoms with van der Waals surface area (Å²) in [7, 11) is 0. The Morgan fingerprint density at radius 2 is 1.78 bits per heavy atom. The van der Waals surface area contributed by atoms with Crippen molar-refractivity contribution in [1.29, 1.82) is 5.26 Å². The highest BCUT2D eigenvalue weighted by molar-refractivity contribution is 6.30. The summed E-state index contributed by atoms with van der Waals surface area (Å²) in [4.78, 5) is 24.6. The molecule has 0 bridgehead atoms. The summed E-state index contributed by atoms with van der Waals surface area (Å²) >= 11 is 5.83. The van der Waals surface area contributed by atoms with E-state index in [0.29, 0.717) is 27.7 Å². The van der Waals surface area contributed by atoms with Gasteiger partial charge in [-0.25, -0.2) is 0 Å². The van der Waals surface area contributed by atoms with E-state index in [1.165, 1.54) is 6.08 Å². The van der Waals surface area contributed by atoms with E-state index in [9.17, 15) is 14.9 Å². The molecule has 0 aromatic heterocycles. The fraction of sp³-hybridized carbons (Fsp3) is 0.0800. The molecular formula is C25H20ClN3O3. The van der Waals surface area contributed by atoms with Gasteiger partial charge in [0.05, 0.1) is 0 Å². The normalized spacial score (nSPS) is 10.7. The fourth-order valence-electron chi connectivity index (χ4n) is 2.79. The maximum absolute atomic E-state index is 12.5. The first-order chi connectivity index (χ1) is 15.4. The molecule has 0 aliphatic heterocycles. The van der Waals surface area contributed by atoms with Crippen LogP contribution in [0.15, 0.2) is 78.4 Å². The Hall–Kier alpha value is -4.08. The molecule has 32 heavy (non-hydrogen) atoms. The average molecular weight is 446 g/mol. The summed E-state index contributed by atoms with van der Waals surface area (Å²) in [5.41, 5.74) is 2.69. The molecule has 3 rings (SSSR count). The van der Waals surface area contributed by atoms with Crippen molar-refractivity contribution in [2.24, 2.45) is 0 Å². The average Bonchev–Trinajstić information content (AvgIpc) is 2.79. The molecule has 0 unspecified atom stereocenters. The quantitative estimate of drug-likeness (QED) is 0.385. The minimum absolute atomic E-state index is 0.0501. The highest BCUT2D eigenvalue weighted by atomic mass is 35.5. The number of hydrogen-bond donors (Lipinski definition) is 2. The number of carbonyl (C=O) groups is 2. The van der Waals surface area contributed by atoms with Crippen molar-refractivity contribution in [3.63, 3.8) is 0 Å². The molecule has 0 radical (unpaired) electrons. The summed E-state index contributed by atoms with van der Waals surface area (Å²) in [6, 6.07) is 22.8. The van der Waals surface area contributed by atoms with Crippen molar-refractivity contribution in [2.45, 2.75) is 6.92 Å². The Labute approximate surface area is 191 Å². The van der Waals surface area contributed by atoms with Gasteiger partial charge in [-0.15, -0.1) is 0 Å². The Morgan fingerprint density at radius 3 is 2.50 bits per heavy atom. The first-order valence-electron chi connectivity index (χ1n) is 9.71. The monoisotopic (exact) mass is 445 g/mol. The highest BCUT2D eigenvalue weighted by Crippen LogP contribution is 2.19. The molecule has 2 amide bonds. The van der Waals surface area contributed by atoms with E-state index in [2.05, 4.69) is 10.6 Å². The molecule has 0 aliphatic rings. The van der Waals surface area contributed by atoms with Gasteiger partial charge < -0.3 is 15.4 Å². The summed E-state index contributed by atoms with van der Waals surface area (Å²) in [5, 5.41) is 15.5. The zero-order valence-electron chi connectivity index (χ0n) is 17.3. The van der Waals surface area contributed by atoms with Crippen LogP contribution >= 0.6 is 11.6 Å². The number of para-hydroxylation sites is 1. The minimum atomic E-state index is -0.504. The van der Waals surface area contributed by atoms with Gasteiger partial charge in [-0.3, -0.25) is 9.59 Å². The molecular weight excluding hydrogens is 426 g/mol. The zero-order chi connectivity index (χ0) is 22.9. The maximum atomic E-state index is 12.5. The van der Waals surface area contributed by atoms with Gasteiger partial charge in [0.1, 0.15) is 17.4 Å². The minimum Gasteiger partial charge on any atom is -0.484 e. The van der Waals surface area contributed by atoms with E-state index in [0.717, 1.165) is 5.56 Å². The van der Waals surface area contributed by atoms with Crippen LogP contribution in [-0.2, 0) is 9.59 Å². The van der Waals surface area contributed by atoms with Crippen molar-refractivity contribution in [1.82, 2.24) is 0 Å². The fourth-order valence-corrected chi connectivity index (χ4v) is 2.92. The van der Waals surface area contributed by atoms with Gasteiger partial charge in [0.15, 0.2) is 6.61 Å². The number of hydrogen-bond acceptors (Lipinski definition) is 4. The van der Waals surface area contributed by atoms with E-state index >= 15 is 0 Å². The second-order valence-corrected chi connectivity index (χ2v) is 7.29. The molecule has 0 saturated carbocycles. The zero-order valence-corrected chi connectivity index (χ0v) is 18.0. The van der Waals surface area contributed by atoms with E-state index in [1.807, 2.05) is 31.2 Å². The lowest BCUT2D eigenvalue weighted by molar-refractivity contribution is -0.118. The van der Waals surface area contributed by atoms with Crippen molar-refractivity contribution >= 4 is 40.9 Å².